The lowest BCUT2D eigenvalue weighted by atomic mass is 10.1. The van der Waals surface area contributed by atoms with E-state index in [1.807, 2.05) is 25.1 Å². The molecule has 0 atom stereocenters. The Bertz CT molecular complexity index is 1060. The number of thioether (sulfide) groups is 1. The van der Waals surface area contributed by atoms with Crippen LogP contribution in [0, 0.1) is 17.0 Å². The van der Waals surface area contributed by atoms with E-state index in [9.17, 15) is 19.7 Å². The van der Waals surface area contributed by atoms with Crippen molar-refractivity contribution in [1.29, 1.82) is 0 Å². The smallest absolute Gasteiger partial charge is 0.270 e. The molecule has 0 aromatic heterocycles. The van der Waals surface area contributed by atoms with Gasteiger partial charge in [0.2, 0.25) is 0 Å². The number of nitro benzene ring substituents is 1. The number of benzene rings is 3. The molecule has 3 rings (SSSR count). The molecule has 0 fully saturated rings. The van der Waals surface area contributed by atoms with Gasteiger partial charge >= 0.3 is 0 Å². The Morgan fingerprint density at radius 2 is 1.69 bits per heavy atom. The van der Waals surface area contributed by atoms with Crippen LogP contribution in [-0.2, 0) is 0 Å². The summed E-state index contributed by atoms with van der Waals surface area (Å²) in [7, 11) is 0. The van der Waals surface area contributed by atoms with Crippen molar-refractivity contribution in [2.24, 2.45) is 0 Å². The minimum absolute atomic E-state index is 0.110. The highest BCUT2D eigenvalue weighted by molar-refractivity contribution is 8.00. The van der Waals surface area contributed by atoms with Gasteiger partial charge in [-0.25, -0.2) is 0 Å². The zero-order valence-corrected chi connectivity index (χ0v) is 16.4. The molecule has 29 heavy (non-hydrogen) atoms. The predicted molar refractivity (Wildman–Crippen MR) is 114 cm³/mol. The average molecular weight is 406 g/mol. The first-order valence-corrected chi connectivity index (χ1v) is 9.79. The lowest BCUT2D eigenvalue weighted by Crippen LogP contribution is -2.11. The quantitative estimate of drug-likeness (QED) is 0.254. The molecule has 6 nitrogen and oxygen atoms in total. The summed E-state index contributed by atoms with van der Waals surface area (Å²) in [5.41, 5.74) is 2.46. The molecule has 0 saturated heterocycles. The van der Waals surface area contributed by atoms with E-state index in [-0.39, 0.29) is 23.1 Å². The normalized spacial score (nSPS) is 10.4. The Morgan fingerprint density at radius 1 is 0.966 bits per heavy atom. The average Bonchev–Trinajstić information content (AvgIpc) is 2.73. The van der Waals surface area contributed by atoms with Gasteiger partial charge in [0.05, 0.1) is 10.7 Å². The van der Waals surface area contributed by atoms with E-state index in [0.717, 1.165) is 10.5 Å². The molecule has 0 saturated carbocycles. The lowest BCUT2D eigenvalue weighted by molar-refractivity contribution is -0.384. The van der Waals surface area contributed by atoms with Gasteiger partial charge in [0.25, 0.3) is 11.6 Å². The van der Waals surface area contributed by atoms with Crippen LogP contribution in [0.5, 0.6) is 0 Å². The highest BCUT2D eigenvalue weighted by Crippen LogP contribution is 2.24. The van der Waals surface area contributed by atoms with Gasteiger partial charge in [-0.1, -0.05) is 35.9 Å². The monoisotopic (exact) mass is 406 g/mol. The molecule has 0 spiro atoms. The Labute approximate surface area is 172 Å². The summed E-state index contributed by atoms with van der Waals surface area (Å²) in [6, 6.07) is 20.2. The summed E-state index contributed by atoms with van der Waals surface area (Å²) in [4.78, 5) is 35.8. The van der Waals surface area contributed by atoms with Crippen LogP contribution < -0.4 is 5.32 Å². The highest BCUT2D eigenvalue weighted by atomic mass is 32.2. The molecule has 0 aliphatic rings. The molecular formula is C22H18N2O4S. The number of hydrogen-bond acceptors (Lipinski definition) is 5. The number of carbonyl (C=O) groups is 2. The van der Waals surface area contributed by atoms with Gasteiger partial charge in [-0.05, 0) is 37.3 Å². The number of non-ortho nitro benzene ring substituents is 1. The number of ketones is 1. The zero-order chi connectivity index (χ0) is 20.8. The molecule has 0 heterocycles. The summed E-state index contributed by atoms with van der Waals surface area (Å²) in [5, 5.41) is 13.7. The molecule has 0 unspecified atom stereocenters. The number of nitro groups is 1. The zero-order valence-electron chi connectivity index (χ0n) is 15.6. The van der Waals surface area contributed by atoms with Gasteiger partial charge < -0.3 is 5.32 Å². The van der Waals surface area contributed by atoms with Crippen molar-refractivity contribution < 1.29 is 14.5 Å². The number of Topliss-reactive ketones (excluding diaryl/α,β-unsaturated/α-hetero) is 1. The largest absolute Gasteiger partial charge is 0.322 e. The number of anilines is 1. The summed E-state index contributed by atoms with van der Waals surface area (Å²) >= 11 is 1.31. The van der Waals surface area contributed by atoms with Crippen molar-refractivity contribution in [3.05, 3.63) is 99.6 Å². The molecule has 7 heteroatoms. The Kier molecular flexibility index (Phi) is 6.41. The van der Waals surface area contributed by atoms with E-state index in [4.69, 9.17) is 0 Å². The second-order valence-corrected chi connectivity index (χ2v) is 7.42. The third kappa shape index (κ3) is 5.52. The van der Waals surface area contributed by atoms with Crippen LogP contribution in [0.4, 0.5) is 11.4 Å². The van der Waals surface area contributed by atoms with Crippen LogP contribution in [0.1, 0.15) is 26.3 Å². The topological polar surface area (TPSA) is 89.3 Å². The van der Waals surface area contributed by atoms with E-state index in [2.05, 4.69) is 5.32 Å². The second kappa shape index (κ2) is 9.16. The third-order valence-corrected chi connectivity index (χ3v) is 5.15. The van der Waals surface area contributed by atoms with Crippen molar-refractivity contribution in [2.45, 2.75) is 11.8 Å². The molecule has 146 valence electrons. The van der Waals surface area contributed by atoms with Crippen molar-refractivity contribution in [3.8, 4) is 0 Å². The molecule has 1 N–H and O–H groups in total. The maximum Gasteiger partial charge on any atom is 0.270 e. The maximum absolute atomic E-state index is 12.4. The fourth-order valence-electron chi connectivity index (χ4n) is 2.60. The molecular weight excluding hydrogens is 388 g/mol. The number of aryl methyl sites for hydroxylation is 1. The van der Waals surface area contributed by atoms with Crippen LogP contribution in [0.25, 0.3) is 0 Å². The fourth-order valence-corrected chi connectivity index (χ4v) is 3.45. The van der Waals surface area contributed by atoms with Crippen LogP contribution in [0.3, 0.4) is 0 Å². The molecule has 0 bridgehead atoms. The highest BCUT2D eigenvalue weighted by Gasteiger charge is 2.12. The summed E-state index contributed by atoms with van der Waals surface area (Å²) < 4.78 is 0. The summed E-state index contributed by atoms with van der Waals surface area (Å²) in [5.74, 6) is -0.274. The number of rotatable bonds is 7. The SMILES string of the molecule is Cc1ccc(C(=O)Nc2cccc(SCC(=O)c3cccc([N+](=O)[O-])c3)c2)cc1. The number of carbonyl (C=O) groups excluding carboxylic acids is 2. The van der Waals surface area contributed by atoms with Crippen molar-refractivity contribution in [3.63, 3.8) is 0 Å². The summed E-state index contributed by atoms with van der Waals surface area (Å²) in [6.07, 6.45) is 0. The van der Waals surface area contributed by atoms with Crippen molar-refractivity contribution in [1.82, 2.24) is 0 Å². The molecule has 3 aromatic rings. The Balaban J connectivity index is 1.63. The van der Waals surface area contributed by atoms with Crippen LogP contribution in [-0.4, -0.2) is 22.4 Å². The molecule has 0 aliphatic heterocycles. The van der Waals surface area contributed by atoms with E-state index < -0.39 is 4.92 Å². The minimum Gasteiger partial charge on any atom is -0.322 e. The fraction of sp³-hybridized carbons (Fsp3) is 0.0909. The summed E-state index contributed by atoms with van der Waals surface area (Å²) in [6.45, 7) is 1.96. The van der Waals surface area contributed by atoms with Crippen LogP contribution in [0.15, 0.2) is 77.7 Å². The Hall–Kier alpha value is -3.45. The van der Waals surface area contributed by atoms with Gasteiger partial charge in [-0.15, -0.1) is 11.8 Å². The first-order chi connectivity index (χ1) is 13.9. The second-order valence-electron chi connectivity index (χ2n) is 6.37. The first-order valence-electron chi connectivity index (χ1n) is 8.81. The Morgan fingerprint density at radius 3 is 2.41 bits per heavy atom. The molecule has 0 aliphatic carbocycles. The number of amides is 1. The standard InChI is InChI=1S/C22H18N2O4S/c1-15-8-10-16(11-9-15)22(26)23-18-5-3-7-20(13-18)29-14-21(25)17-4-2-6-19(12-17)24(27)28/h2-13H,14H2,1H3,(H,23,26). The van der Waals surface area contributed by atoms with Crippen LogP contribution in [0.2, 0.25) is 0 Å². The molecule has 3 aromatic carbocycles. The van der Waals surface area contributed by atoms with Gasteiger partial charge in [-0.3, -0.25) is 19.7 Å². The molecule has 0 radical (unpaired) electrons. The van der Waals surface area contributed by atoms with E-state index in [1.54, 1.807) is 36.4 Å². The van der Waals surface area contributed by atoms with E-state index in [1.165, 1.54) is 30.0 Å². The van der Waals surface area contributed by atoms with Gasteiger partial charge in [0, 0.05) is 33.8 Å². The first kappa shape index (κ1) is 20.3. The van der Waals surface area contributed by atoms with Crippen LogP contribution >= 0.6 is 11.8 Å². The van der Waals surface area contributed by atoms with Gasteiger partial charge in [0.15, 0.2) is 5.78 Å². The minimum atomic E-state index is -0.524. The van der Waals surface area contributed by atoms with Crippen molar-refractivity contribution >= 4 is 34.8 Å². The van der Waals surface area contributed by atoms with E-state index >= 15 is 0 Å². The number of nitrogens with zero attached hydrogens (tertiary/aromatic N) is 1. The number of hydrogen-bond donors (Lipinski definition) is 1. The number of nitrogens with one attached hydrogen (secondary N) is 1. The molecule has 1 amide bonds. The lowest BCUT2D eigenvalue weighted by Gasteiger charge is -2.08. The third-order valence-electron chi connectivity index (χ3n) is 4.15. The van der Waals surface area contributed by atoms with E-state index in [0.29, 0.717) is 16.8 Å². The van der Waals surface area contributed by atoms with Gasteiger partial charge in [0.1, 0.15) is 0 Å². The predicted octanol–water partition coefficient (Wildman–Crippen LogP) is 5.13. The maximum atomic E-state index is 12.4. The van der Waals surface area contributed by atoms with Gasteiger partial charge in [-0.2, -0.15) is 0 Å². The van der Waals surface area contributed by atoms with Crippen molar-refractivity contribution in [2.75, 3.05) is 11.1 Å².